The Balaban J connectivity index is 2.39. The Morgan fingerprint density at radius 1 is 1.29 bits per heavy atom. The minimum absolute atomic E-state index is 0.115. The Morgan fingerprint density at radius 2 is 2.00 bits per heavy atom. The van der Waals surface area contributed by atoms with Crippen molar-refractivity contribution >= 4 is 5.78 Å². The van der Waals surface area contributed by atoms with Gasteiger partial charge in [0.1, 0.15) is 0 Å². The van der Waals surface area contributed by atoms with Crippen LogP contribution in [0, 0.1) is 0 Å². The summed E-state index contributed by atoms with van der Waals surface area (Å²) in [6, 6.07) is 9.32. The van der Waals surface area contributed by atoms with Crippen molar-refractivity contribution in [2.45, 2.75) is 6.92 Å². The molecule has 0 aliphatic rings. The predicted octanol–water partition coefficient (Wildman–Crippen LogP) is 1.94. The largest absolute Gasteiger partial charge is 0.334 e. The quantitative estimate of drug-likeness (QED) is 0.676. The van der Waals surface area contributed by atoms with E-state index in [0.717, 1.165) is 5.56 Å². The van der Waals surface area contributed by atoms with Gasteiger partial charge in [0.25, 0.3) is 5.89 Å². The molecule has 0 aliphatic heterocycles. The van der Waals surface area contributed by atoms with Gasteiger partial charge in [0.05, 0.1) is 0 Å². The van der Waals surface area contributed by atoms with Crippen LogP contribution in [0.15, 0.2) is 34.9 Å². The van der Waals surface area contributed by atoms with Crippen LogP contribution in [0.4, 0.5) is 0 Å². The molecule has 1 aromatic carbocycles. The van der Waals surface area contributed by atoms with E-state index in [-0.39, 0.29) is 11.6 Å². The third kappa shape index (κ3) is 1.54. The normalized spacial score (nSPS) is 10.1. The molecule has 0 spiro atoms. The molecule has 0 saturated heterocycles. The van der Waals surface area contributed by atoms with Gasteiger partial charge in [0, 0.05) is 12.5 Å². The van der Waals surface area contributed by atoms with Crippen LogP contribution in [0.25, 0.3) is 11.5 Å². The van der Waals surface area contributed by atoms with E-state index in [1.807, 2.05) is 30.3 Å². The van der Waals surface area contributed by atoms with Crippen LogP contribution < -0.4 is 0 Å². The second-order valence-electron chi connectivity index (χ2n) is 2.85. The number of ketones is 1. The lowest BCUT2D eigenvalue weighted by Crippen LogP contribution is -1.93. The van der Waals surface area contributed by atoms with Gasteiger partial charge >= 0.3 is 0 Å². The lowest BCUT2D eigenvalue weighted by Gasteiger charge is -1.89. The van der Waals surface area contributed by atoms with Crippen LogP contribution in [0.3, 0.4) is 0 Å². The van der Waals surface area contributed by atoms with Crippen molar-refractivity contribution < 1.29 is 9.32 Å². The van der Waals surface area contributed by atoms with Gasteiger partial charge < -0.3 is 4.52 Å². The highest BCUT2D eigenvalue weighted by atomic mass is 16.5. The third-order valence-electron chi connectivity index (χ3n) is 1.76. The number of nitrogens with zero attached hydrogens (tertiary/aromatic N) is 2. The molecular weight excluding hydrogens is 180 g/mol. The molecule has 70 valence electrons. The van der Waals surface area contributed by atoms with Crippen LogP contribution in [0.5, 0.6) is 0 Å². The van der Waals surface area contributed by atoms with Gasteiger partial charge in [-0.05, 0) is 12.1 Å². The number of Topliss-reactive ketones (excluding diaryl/α,β-unsaturated/α-hetero) is 1. The molecule has 0 saturated carbocycles. The van der Waals surface area contributed by atoms with Crippen LogP contribution in [-0.2, 0) is 0 Å². The summed E-state index contributed by atoms with van der Waals surface area (Å²) in [5, 5.41) is 3.56. The van der Waals surface area contributed by atoms with Crippen LogP contribution in [-0.4, -0.2) is 15.9 Å². The third-order valence-corrected chi connectivity index (χ3v) is 1.76. The van der Waals surface area contributed by atoms with Gasteiger partial charge in [-0.1, -0.05) is 23.4 Å². The Morgan fingerprint density at radius 3 is 2.57 bits per heavy atom. The Bertz CT molecular complexity index is 448. The summed E-state index contributed by atoms with van der Waals surface area (Å²) >= 11 is 0. The number of aromatic nitrogens is 2. The fourth-order valence-corrected chi connectivity index (χ4v) is 1.06. The van der Waals surface area contributed by atoms with Crippen molar-refractivity contribution in [2.75, 3.05) is 0 Å². The molecule has 1 aromatic heterocycles. The van der Waals surface area contributed by atoms with E-state index in [4.69, 9.17) is 4.52 Å². The summed E-state index contributed by atoms with van der Waals surface area (Å²) < 4.78 is 4.93. The van der Waals surface area contributed by atoms with Crippen molar-refractivity contribution in [2.24, 2.45) is 0 Å². The van der Waals surface area contributed by atoms with Crippen molar-refractivity contribution in [3.05, 3.63) is 36.2 Å². The SMILES string of the molecule is CC(=O)c1noc(-c2ccccc2)n1. The van der Waals surface area contributed by atoms with Crippen LogP contribution in [0.2, 0.25) is 0 Å². The molecule has 0 radical (unpaired) electrons. The molecule has 0 bridgehead atoms. The van der Waals surface area contributed by atoms with Gasteiger partial charge in [-0.15, -0.1) is 0 Å². The van der Waals surface area contributed by atoms with E-state index in [1.54, 1.807) is 0 Å². The highest BCUT2D eigenvalue weighted by Crippen LogP contribution is 2.15. The number of carbonyl (C=O) groups is 1. The molecule has 0 N–H and O–H groups in total. The summed E-state index contributed by atoms with van der Waals surface area (Å²) in [4.78, 5) is 14.9. The Labute approximate surface area is 80.6 Å². The number of benzene rings is 1. The van der Waals surface area contributed by atoms with E-state index >= 15 is 0 Å². The maximum absolute atomic E-state index is 10.9. The molecule has 1 heterocycles. The number of carbonyl (C=O) groups excluding carboxylic acids is 1. The van der Waals surface area contributed by atoms with Crippen molar-refractivity contribution in [3.8, 4) is 11.5 Å². The minimum atomic E-state index is -0.198. The summed E-state index contributed by atoms with van der Waals surface area (Å²) in [5.41, 5.74) is 0.813. The lowest BCUT2D eigenvalue weighted by molar-refractivity contribution is 0.100. The second-order valence-corrected chi connectivity index (χ2v) is 2.85. The summed E-state index contributed by atoms with van der Waals surface area (Å²) in [6.45, 7) is 1.40. The standard InChI is InChI=1S/C10H8N2O2/c1-7(13)9-11-10(14-12-9)8-5-3-2-4-6-8/h2-6H,1H3. The number of hydrogen-bond donors (Lipinski definition) is 0. The van der Waals surface area contributed by atoms with Gasteiger partial charge in [-0.25, -0.2) is 0 Å². The fourth-order valence-electron chi connectivity index (χ4n) is 1.06. The zero-order valence-electron chi connectivity index (χ0n) is 7.60. The summed E-state index contributed by atoms with van der Waals surface area (Å²) in [5.74, 6) is 0.288. The first-order chi connectivity index (χ1) is 6.77. The second kappa shape index (κ2) is 3.41. The molecular formula is C10H8N2O2. The topological polar surface area (TPSA) is 56.0 Å². The molecule has 4 nitrogen and oxygen atoms in total. The smallest absolute Gasteiger partial charge is 0.258 e. The monoisotopic (exact) mass is 188 g/mol. The highest BCUT2D eigenvalue weighted by molar-refractivity contribution is 5.90. The first kappa shape index (κ1) is 8.62. The molecule has 0 atom stereocenters. The van der Waals surface area contributed by atoms with E-state index in [0.29, 0.717) is 5.89 Å². The molecule has 0 unspecified atom stereocenters. The minimum Gasteiger partial charge on any atom is -0.334 e. The van der Waals surface area contributed by atoms with Crippen molar-refractivity contribution in [1.82, 2.24) is 10.1 Å². The predicted molar refractivity (Wildman–Crippen MR) is 49.7 cm³/mol. The van der Waals surface area contributed by atoms with Gasteiger partial charge in [-0.2, -0.15) is 4.98 Å². The molecule has 0 aliphatic carbocycles. The summed E-state index contributed by atoms with van der Waals surface area (Å²) in [7, 11) is 0. The van der Waals surface area contributed by atoms with Gasteiger partial charge in [0.2, 0.25) is 11.6 Å². The van der Waals surface area contributed by atoms with E-state index in [2.05, 4.69) is 10.1 Å². The number of rotatable bonds is 2. The van der Waals surface area contributed by atoms with E-state index in [9.17, 15) is 4.79 Å². The van der Waals surface area contributed by atoms with Crippen LogP contribution in [0.1, 0.15) is 17.5 Å². The summed E-state index contributed by atoms with van der Waals surface area (Å²) in [6.07, 6.45) is 0. The first-order valence-electron chi connectivity index (χ1n) is 4.17. The lowest BCUT2D eigenvalue weighted by atomic mass is 10.2. The number of hydrogen-bond acceptors (Lipinski definition) is 4. The molecule has 0 amide bonds. The van der Waals surface area contributed by atoms with Gasteiger partial charge in [0.15, 0.2) is 0 Å². The van der Waals surface area contributed by atoms with E-state index < -0.39 is 0 Å². The maximum atomic E-state index is 10.9. The van der Waals surface area contributed by atoms with Crippen molar-refractivity contribution in [1.29, 1.82) is 0 Å². The average Bonchev–Trinajstić information content (AvgIpc) is 2.68. The van der Waals surface area contributed by atoms with Crippen LogP contribution >= 0.6 is 0 Å². The molecule has 2 aromatic rings. The zero-order chi connectivity index (χ0) is 9.97. The Hall–Kier alpha value is -1.97. The molecule has 4 heteroatoms. The van der Waals surface area contributed by atoms with E-state index in [1.165, 1.54) is 6.92 Å². The molecule has 2 rings (SSSR count). The first-order valence-corrected chi connectivity index (χ1v) is 4.17. The Kier molecular flexibility index (Phi) is 2.10. The maximum Gasteiger partial charge on any atom is 0.258 e. The molecule has 14 heavy (non-hydrogen) atoms. The average molecular weight is 188 g/mol. The highest BCUT2D eigenvalue weighted by Gasteiger charge is 2.10. The van der Waals surface area contributed by atoms with Crippen molar-refractivity contribution in [3.63, 3.8) is 0 Å². The molecule has 0 fully saturated rings. The van der Waals surface area contributed by atoms with Gasteiger partial charge in [-0.3, -0.25) is 4.79 Å². The fraction of sp³-hybridized carbons (Fsp3) is 0.100. The zero-order valence-corrected chi connectivity index (χ0v) is 7.60.